The van der Waals surface area contributed by atoms with Crippen molar-refractivity contribution in [2.45, 2.75) is 6.42 Å². The molecule has 4 rings (SSSR count). The van der Waals surface area contributed by atoms with Gasteiger partial charge in [-0.15, -0.1) is 0 Å². The SMILES string of the molecule is CN(CCCNc1cc(-c2ccccc2Cl)nc2c(Br)cnn12)C(=O)C=Cc1ccsc1. The Kier molecular flexibility index (Phi) is 7.24. The fraction of sp³-hybridized carbons (Fsp3) is 0.174. The molecule has 4 aromatic rings. The highest BCUT2D eigenvalue weighted by atomic mass is 79.9. The molecule has 1 N–H and O–H groups in total. The Bertz CT molecular complexity index is 1250. The topological polar surface area (TPSA) is 62.5 Å². The fourth-order valence-electron chi connectivity index (χ4n) is 3.18. The van der Waals surface area contributed by atoms with Crippen LogP contribution in [0.5, 0.6) is 0 Å². The van der Waals surface area contributed by atoms with Gasteiger partial charge in [0.05, 0.1) is 16.4 Å². The van der Waals surface area contributed by atoms with Crippen molar-refractivity contribution in [1.82, 2.24) is 19.5 Å². The molecule has 1 aromatic carbocycles. The van der Waals surface area contributed by atoms with E-state index in [-0.39, 0.29) is 5.91 Å². The van der Waals surface area contributed by atoms with Crippen LogP contribution in [0.1, 0.15) is 12.0 Å². The lowest BCUT2D eigenvalue weighted by atomic mass is 10.1. The third-order valence-electron chi connectivity index (χ3n) is 4.89. The molecule has 0 unspecified atom stereocenters. The van der Waals surface area contributed by atoms with Crippen LogP contribution < -0.4 is 5.32 Å². The first-order valence-corrected chi connectivity index (χ1v) is 12.1. The smallest absolute Gasteiger partial charge is 0.246 e. The first-order valence-electron chi connectivity index (χ1n) is 10.0. The third kappa shape index (κ3) is 5.20. The number of likely N-dealkylation sites (N-methyl/N-ethyl adjacent to an activating group) is 1. The van der Waals surface area contributed by atoms with E-state index in [0.29, 0.717) is 23.8 Å². The van der Waals surface area contributed by atoms with Crippen molar-refractivity contribution in [2.75, 3.05) is 25.5 Å². The standard InChI is InChI=1S/C23H21BrClN5OS/c1-29(22(31)8-7-16-9-12-32-15-16)11-4-10-26-21-13-20(17-5-2-3-6-19(17)25)28-23-18(24)14-27-30(21)23/h2-3,5-9,12-15,26H,4,10-11H2,1H3. The summed E-state index contributed by atoms with van der Waals surface area (Å²) in [5, 5.41) is 12.5. The highest BCUT2D eigenvalue weighted by molar-refractivity contribution is 9.10. The first kappa shape index (κ1) is 22.5. The maximum atomic E-state index is 12.3. The third-order valence-corrected chi connectivity index (χ3v) is 6.48. The molecule has 0 atom stereocenters. The molecule has 32 heavy (non-hydrogen) atoms. The zero-order valence-electron chi connectivity index (χ0n) is 17.3. The molecule has 3 aromatic heterocycles. The number of carbonyl (C=O) groups excluding carboxylic acids is 1. The highest BCUT2D eigenvalue weighted by Gasteiger charge is 2.13. The van der Waals surface area contributed by atoms with Gasteiger partial charge in [0.25, 0.3) is 0 Å². The van der Waals surface area contributed by atoms with E-state index in [1.807, 2.05) is 60.3 Å². The van der Waals surface area contributed by atoms with Crippen LogP contribution in [0.4, 0.5) is 5.82 Å². The number of aromatic nitrogens is 3. The van der Waals surface area contributed by atoms with Gasteiger partial charge in [-0.1, -0.05) is 29.8 Å². The number of nitrogens with one attached hydrogen (secondary N) is 1. The summed E-state index contributed by atoms with van der Waals surface area (Å²) < 4.78 is 2.56. The molecule has 9 heteroatoms. The summed E-state index contributed by atoms with van der Waals surface area (Å²) in [6.45, 7) is 1.30. The summed E-state index contributed by atoms with van der Waals surface area (Å²) in [6, 6.07) is 11.5. The van der Waals surface area contributed by atoms with E-state index < -0.39 is 0 Å². The Morgan fingerprint density at radius 3 is 2.97 bits per heavy atom. The van der Waals surface area contributed by atoms with Gasteiger partial charge in [-0.05, 0) is 56.9 Å². The minimum absolute atomic E-state index is 0.0143. The molecule has 3 heterocycles. The van der Waals surface area contributed by atoms with Crippen LogP contribution in [0.15, 0.2) is 63.9 Å². The van der Waals surface area contributed by atoms with Crippen LogP contribution in [0.25, 0.3) is 23.0 Å². The lowest BCUT2D eigenvalue weighted by molar-refractivity contribution is -0.124. The molecule has 0 saturated heterocycles. The molecule has 1 amide bonds. The first-order chi connectivity index (χ1) is 15.5. The number of fused-ring (bicyclic) bond motifs is 1. The van der Waals surface area contributed by atoms with Gasteiger partial charge >= 0.3 is 0 Å². The van der Waals surface area contributed by atoms with Crippen LogP contribution in [-0.2, 0) is 4.79 Å². The van der Waals surface area contributed by atoms with Crippen molar-refractivity contribution >= 4 is 62.3 Å². The van der Waals surface area contributed by atoms with Gasteiger partial charge in [-0.25, -0.2) is 4.98 Å². The summed E-state index contributed by atoms with van der Waals surface area (Å²) in [4.78, 5) is 18.7. The van der Waals surface area contributed by atoms with Crippen molar-refractivity contribution in [3.05, 3.63) is 74.5 Å². The molecular weight excluding hydrogens is 510 g/mol. The van der Waals surface area contributed by atoms with Crippen molar-refractivity contribution in [2.24, 2.45) is 0 Å². The minimum Gasteiger partial charge on any atom is -0.370 e. The lowest BCUT2D eigenvalue weighted by Crippen LogP contribution is -2.27. The molecule has 0 bridgehead atoms. The molecule has 0 fully saturated rings. The average molecular weight is 531 g/mol. The summed E-state index contributed by atoms with van der Waals surface area (Å²) in [7, 11) is 1.81. The summed E-state index contributed by atoms with van der Waals surface area (Å²) in [5.41, 5.74) is 3.36. The Morgan fingerprint density at radius 2 is 2.19 bits per heavy atom. The zero-order valence-corrected chi connectivity index (χ0v) is 20.5. The van der Waals surface area contributed by atoms with Crippen LogP contribution >= 0.6 is 38.9 Å². The van der Waals surface area contributed by atoms with Gasteiger partial charge < -0.3 is 10.2 Å². The maximum Gasteiger partial charge on any atom is 0.246 e. The predicted octanol–water partition coefficient (Wildman–Crippen LogP) is 5.85. The van der Waals surface area contributed by atoms with E-state index in [0.717, 1.165) is 33.5 Å². The summed E-state index contributed by atoms with van der Waals surface area (Å²) in [6.07, 6.45) is 5.95. The Morgan fingerprint density at radius 1 is 1.34 bits per heavy atom. The maximum absolute atomic E-state index is 12.3. The van der Waals surface area contributed by atoms with Crippen LogP contribution in [-0.4, -0.2) is 45.5 Å². The second-order valence-corrected chi connectivity index (χ2v) is 9.21. The van der Waals surface area contributed by atoms with Crippen molar-refractivity contribution in [1.29, 1.82) is 0 Å². The predicted molar refractivity (Wildman–Crippen MR) is 135 cm³/mol. The second kappa shape index (κ2) is 10.3. The molecule has 0 spiro atoms. The number of anilines is 1. The van der Waals surface area contributed by atoms with E-state index in [4.69, 9.17) is 16.6 Å². The highest BCUT2D eigenvalue weighted by Crippen LogP contribution is 2.30. The summed E-state index contributed by atoms with van der Waals surface area (Å²) >= 11 is 11.5. The van der Waals surface area contributed by atoms with Gasteiger partial charge in [-0.3, -0.25) is 4.79 Å². The van der Waals surface area contributed by atoms with Gasteiger partial charge in [0.2, 0.25) is 5.91 Å². The molecule has 0 radical (unpaired) electrons. The fourth-order valence-corrected chi connectivity index (χ4v) is 4.39. The molecule has 0 aliphatic heterocycles. The Hall–Kier alpha value is -2.68. The molecule has 164 valence electrons. The van der Waals surface area contributed by atoms with Crippen molar-refractivity contribution < 1.29 is 4.79 Å². The number of thiophene rings is 1. The Labute approximate surface area is 203 Å². The monoisotopic (exact) mass is 529 g/mol. The molecular formula is C23H21BrClN5OS. The Balaban J connectivity index is 1.42. The number of halogens is 2. The van der Waals surface area contributed by atoms with E-state index >= 15 is 0 Å². The average Bonchev–Trinajstić information content (AvgIpc) is 3.45. The van der Waals surface area contributed by atoms with Crippen LogP contribution in [0.2, 0.25) is 5.02 Å². The largest absolute Gasteiger partial charge is 0.370 e. The van der Waals surface area contributed by atoms with Crippen LogP contribution in [0.3, 0.4) is 0 Å². The number of amides is 1. The zero-order chi connectivity index (χ0) is 22.5. The van der Waals surface area contributed by atoms with Gasteiger partial charge in [0, 0.05) is 42.9 Å². The van der Waals surface area contributed by atoms with Crippen molar-refractivity contribution in [3.8, 4) is 11.3 Å². The molecule has 0 aliphatic rings. The van der Waals surface area contributed by atoms with E-state index in [1.165, 1.54) is 0 Å². The van der Waals surface area contributed by atoms with Gasteiger partial charge in [0.15, 0.2) is 5.65 Å². The van der Waals surface area contributed by atoms with E-state index in [1.54, 1.807) is 33.0 Å². The number of nitrogens with zero attached hydrogens (tertiary/aromatic N) is 4. The van der Waals surface area contributed by atoms with Gasteiger partial charge in [-0.2, -0.15) is 21.0 Å². The summed E-state index contributed by atoms with van der Waals surface area (Å²) in [5.74, 6) is 0.793. The number of rotatable bonds is 8. The quantitative estimate of drug-likeness (QED) is 0.229. The van der Waals surface area contributed by atoms with Gasteiger partial charge in [0.1, 0.15) is 5.82 Å². The molecule has 6 nitrogen and oxygen atoms in total. The molecule has 0 aliphatic carbocycles. The molecule has 0 saturated carbocycles. The van der Waals surface area contributed by atoms with Crippen LogP contribution in [0, 0.1) is 0 Å². The number of benzene rings is 1. The van der Waals surface area contributed by atoms with Crippen molar-refractivity contribution in [3.63, 3.8) is 0 Å². The number of hydrogen-bond donors (Lipinski definition) is 1. The number of hydrogen-bond acceptors (Lipinski definition) is 5. The second-order valence-electron chi connectivity index (χ2n) is 7.16. The number of carbonyl (C=O) groups is 1. The minimum atomic E-state index is -0.0143. The lowest BCUT2D eigenvalue weighted by Gasteiger charge is -2.16. The van der Waals surface area contributed by atoms with E-state index in [9.17, 15) is 4.79 Å². The normalized spacial score (nSPS) is 11.3. The van der Waals surface area contributed by atoms with E-state index in [2.05, 4.69) is 26.3 Å².